The second-order valence-electron chi connectivity index (χ2n) is 19.8. The molecule has 9 atom stereocenters. The fourth-order valence-corrected chi connectivity index (χ4v) is 10.4. The number of imide groups is 1. The van der Waals surface area contributed by atoms with Gasteiger partial charge in [0.2, 0.25) is 17.7 Å². The van der Waals surface area contributed by atoms with Crippen LogP contribution in [-0.4, -0.2) is 145 Å². The zero-order valence-electron chi connectivity index (χ0n) is 41.7. The Bertz CT molecular complexity index is 1820. The number of carbonyl (C=O) groups is 7. The number of methoxy groups -OCH3 is 2. The number of ether oxygens (including phenoxy) is 2. The third-order valence-corrected chi connectivity index (χ3v) is 15.1. The van der Waals surface area contributed by atoms with Gasteiger partial charge in [-0.15, -0.1) is 0 Å². The van der Waals surface area contributed by atoms with Gasteiger partial charge in [0.25, 0.3) is 11.8 Å². The molecule has 368 valence electrons. The van der Waals surface area contributed by atoms with E-state index >= 15 is 0 Å². The molecular weight excluding hydrogens is 839 g/mol. The highest BCUT2D eigenvalue weighted by Crippen LogP contribution is 2.34. The van der Waals surface area contributed by atoms with E-state index in [9.17, 15) is 33.6 Å². The van der Waals surface area contributed by atoms with Crippen molar-refractivity contribution in [2.45, 2.75) is 155 Å². The molecule has 2 fully saturated rings. The molecule has 1 N–H and O–H groups in total. The van der Waals surface area contributed by atoms with Crippen LogP contribution >= 0.6 is 0 Å². The molecule has 3 heterocycles. The molecule has 14 nitrogen and oxygen atoms in total. The van der Waals surface area contributed by atoms with Gasteiger partial charge in [-0.3, -0.25) is 43.4 Å². The fourth-order valence-electron chi connectivity index (χ4n) is 10.4. The predicted octanol–water partition coefficient (Wildman–Crippen LogP) is 6.04. The predicted molar refractivity (Wildman–Crippen MR) is 255 cm³/mol. The van der Waals surface area contributed by atoms with Crippen LogP contribution in [0.15, 0.2) is 42.5 Å². The molecule has 66 heavy (non-hydrogen) atoms. The molecule has 0 saturated carbocycles. The van der Waals surface area contributed by atoms with Crippen molar-refractivity contribution in [2.24, 2.45) is 29.6 Å². The second-order valence-corrected chi connectivity index (χ2v) is 19.8. The lowest BCUT2D eigenvalue weighted by Gasteiger charge is -2.41. The average Bonchev–Trinajstić information content (AvgIpc) is 4.02. The largest absolute Gasteiger partial charge is 0.379 e. The highest BCUT2D eigenvalue weighted by Gasteiger charge is 2.45. The molecule has 1 aromatic carbocycles. The number of ketones is 2. The first kappa shape index (κ1) is 54.3. The molecule has 0 radical (unpaired) electrons. The number of likely N-dealkylation sites (tertiary alicyclic amines) is 2. The number of hydrogen-bond donors (Lipinski definition) is 1. The van der Waals surface area contributed by atoms with Crippen LogP contribution in [0, 0.1) is 29.6 Å². The number of nitrogens with one attached hydrogen (secondary N) is 1. The van der Waals surface area contributed by atoms with Gasteiger partial charge in [-0.1, -0.05) is 84.2 Å². The zero-order chi connectivity index (χ0) is 48.7. The lowest BCUT2D eigenvalue weighted by atomic mass is 9.81. The Morgan fingerprint density at radius 1 is 0.879 bits per heavy atom. The molecular formula is C52H81N5O9. The van der Waals surface area contributed by atoms with Crippen molar-refractivity contribution in [3.63, 3.8) is 0 Å². The van der Waals surface area contributed by atoms with E-state index in [0.717, 1.165) is 57.1 Å². The van der Waals surface area contributed by atoms with Gasteiger partial charge in [0, 0.05) is 83.6 Å². The van der Waals surface area contributed by atoms with Crippen LogP contribution in [0.4, 0.5) is 0 Å². The number of rotatable bonds is 28. The topological polar surface area (TPSA) is 163 Å². The van der Waals surface area contributed by atoms with Crippen molar-refractivity contribution < 1.29 is 43.0 Å². The summed E-state index contributed by atoms with van der Waals surface area (Å²) in [6.07, 6.45) is 8.82. The fraction of sp³-hybridized carbons (Fsp3) is 0.712. The number of Topliss-reactive ketones (excluding diaryl/α,β-unsaturated/α-hetero) is 2. The Morgan fingerprint density at radius 2 is 1.55 bits per heavy atom. The standard InChI is InChI=1S/C52H81N5O9/c1-11-36(4)48(55(8)51(64)40(35(2)3)33-44(59)52(6)26-20-28-54(52)7)43(65-9)34-47(62)56-30-19-23-41(56)49(66-10)37(5)42(58)32-39(31-38-21-15-14-16-22-38)50(63)53-27-17-12-13-18-29-57-45(60)24-25-46(57)61/h14-16,21-22,24-25,35-37,39-41,43,48-49H,11-13,17-20,23,26-34H2,1-10H3,(H,53,63)/t36-,37-,39+,40-,41-,43+,48-,49+,52+/m0/s1. The minimum atomic E-state index is -0.620. The molecule has 3 aliphatic rings. The van der Waals surface area contributed by atoms with E-state index in [1.807, 2.05) is 70.0 Å². The monoisotopic (exact) mass is 920 g/mol. The number of hydrogen-bond acceptors (Lipinski definition) is 10. The van der Waals surface area contributed by atoms with Crippen LogP contribution in [0.3, 0.4) is 0 Å². The van der Waals surface area contributed by atoms with Gasteiger partial charge < -0.3 is 24.6 Å². The summed E-state index contributed by atoms with van der Waals surface area (Å²) in [7, 11) is 6.91. The van der Waals surface area contributed by atoms with Gasteiger partial charge >= 0.3 is 0 Å². The number of benzene rings is 1. The molecule has 0 unspecified atom stereocenters. The number of nitrogens with zero attached hydrogens (tertiary/aromatic N) is 4. The van der Waals surface area contributed by atoms with Crippen molar-refractivity contribution in [3.8, 4) is 0 Å². The van der Waals surface area contributed by atoms with E-state index in [0.29, 0.717) is 38.9 Å². The molecule has 14 heteroatoms. The van der Waals surface area contributed by atoms with Gasteiger partial charge in [0.1, 0.15) is 5.78 Å². The van der Waals surface area contributed by atoms with Crippen molar-refractivity contribution in [1.29, 1.82) is 0 Å². The summed E-state index contributed by atoms with van der Waals surface area (Å²) in [4.78, 5) is 101. The molecule has 3 aliphatic heterocycles. The SMILES string of the molecule is CC[C@H](C)[C@@H]([C@@H](CC(=O)N1CCC[C@H]1[C@H](OC)[C@@H](C)C(=O)C[C@@H](Cc1ccccc1)C(=O)NCCCCCCN1C(=O)C=CC1=O)OC)N(C)C(=O)[C@@H](CC(=O)[C@@]1(C)CCCN1C)C(C)C. The van der Waals surface area contributed by atoms with Gasteiger partial charge in [0.05, 0.1) is 36.3 Å². The molecule has 0 spiro atoms. The average molecular weight is 920 g/mol. The van der Waals surface area contributed by atoms with Gasteiger partial charge in [-0.05, 0) is 82.9 Å². The van der Waals surface area contributed by atoms with E-state index in [2.05, 4.69) is 24.1 Å². The van der Waals surface area contributed by atoms with Crippen molar-refractivity contribution in [3.05, 3.63) is 48.0 Å². The summed E-state index contributed by atoms with van der Waals surface area (Å²) in [6, 6.07) is 8.84. The van der Waals surface area contributed by atoms with Crippen LogP contribution in [0.25, 0.3) is 0 Å². The van der Waals surface area contributed by atoms with E-state index in [4.69, 9.17) is 9.47 Å². The molecule has 2 saturated heterocycles. The molecule has 0 aromatic heterocycles. The summed E-state index contributed by atoms with van der Waals surface area (Å²) in [5.74, 6) is -2.86. The van der Waals surface area contributed by atoms with Gasteiger partial charge in [-0.2, -0.15) is 0 Å². The number of amides is 5. The van der Waals surface area contributed by atoms with Crippen molar-refractivity contribution in [1.82, 2.24) is 24.9 Å². The van der Waals surface area contributed by atoms with E-state index in [1.54, 1.807) is 26.2 Å². The Labute approximate surface area is 394 Å². The van der Waals surface area contributed by atoms with E-state index < -0.39 is 41.5 Å². The first-order valence-electron chi connectivity index (χ1n) is 24.6. The van der Waals surface area contributed by atoms with Crippen LogP contribution in [0.1, 0.15) is 124 Å². The summed E-state index contributed by atoms with van der Waals surface area (Å²) < 4.78 is 12.2. The highest BCUT2D eigenvalue weighted by molar-refractivity contribution is 6.12. The third-order valence-electron chi connectivity index (χ3n) is 15.1. The first-order chi connectivity index (χ1) is 31.4. The van der Waals surface area contributed by atoms with Gasteiger partial charge in [0.15, 0.2) is 5.78 Å². The van der Waals surface area contributed by atoms with Crippen LogP contribution in [0.5, 0.6) is 0 Å². The molecule has 0 bridgehead atoms. The Balaban J connectivity index is 1.40. The minimum absolute atomic E-state index is 0.00988. The Kier molecular flexibility index (Phi) is 21.2. The summed E-state index contributed by atoms with van der Waals surface area (Å²) in [6.45, 7) is 14.1. The van der Waals surface area contributed by atoms with Gasteiger partial charge in [-0.25, -0.2) is 0 Å². The van der Waals surface area contributed by atoms with Crippen LogP contribution < -0.4 is 5.32 Å². The van der Waals surface area contributed by atoms with Crippen molar-refractivity contribution in [2.75, 3.05) is 54.5 Å². The Morgan fingerprint density at radius 3 is 2.14 bits per heavy atom. The first-order valence-corrected chi connectivity index (χ1v) is 24.6. The summed E-state index contributed by atoms with van der Waals surface area (Å²) in [5.41, 5.74) is 0.365. The molecule has 5 amide bonds. The van der Waals surface area contributed by atoms with E-state index in [1.165, 1.54) is 17.1 Å². The van der Waals surface area contributed by atoms with Crippen LogP contribution in [0.2, 0.25) is 0 Å². The number of carbonyl (C=O) groups excluding carboxylic acids is 7. The molecule has 0 aliphatic carbocycles. The normalized spacial score (nSPS) is 22.0. The third kappa shape index (κ3) is 13.9. The number of unbranched alkanes of at least 4 members (excludes halogenated alkanes) is 3. The molecule has 1 aromatic rings. The lowest BCUT2D eigenvalue weighted by molar-refractivity contribution is -0.149. The smallest absolute Gasteiger partial charge is 0.253 e. The quantitative estimate of drug-likeness (QED) is 0.0775. The maximum atomic E-state index is 14.5. The summed E-state index contributed by atoms with van der Waals surface area (Å²) in [5, 5.41) is 3.05. The van der Waals surface area contributed by atoms with E-state index in [-0.39, 0.29) is 78.2 Å². The minimum Gasteiger partial charge on any atom is -0.379 e. The summed E-state index contributed by atoms with van der Waals surface area (Å²) >= 11 is 0. The maximum absolute atomic E-state index is 14.5. The Hall–Kier alpha value is -4.27. The highest BCUT2D eigenvalue weighted by atomic mass is 16.5. The lowest BCUT2D eigenvalue weighted by Crippen LogP contribution is -2.54. The second kappa shape index (κ2) is 25.7. The zero-order valence-corrected chi connectivity index (χ0v) is 41.7. The molecule has 4 rings (SSSR count). The van der Waals surface area contributed by atoms with Crippen molar-refractivity contribution >= 4 is 41.1 Å². The maximum Gasteiger partial charge on any atom is 0.253 e. The van der Waals surface area contributed by atoms with Crippen LogP contribution in [-0.2, 0) is 49.5 Å². The number of likely N-dealkylation sites (N-methyl/N-ethyl adjacent to an activating group) is 2.